The van der Waals surface area contributed by atoms with Gasteiger partial charge in [0.15, 0.2) is 5.01 Å². The number of hydrogen-bond acceptors (Lipinski definition) is 8. The molecule has 0 radical (unpaired) electrons. The Morgan fingerprint density at radius 3 is 2.83 bits per heavy atom. The molecule has 0 aliphatic carbocycles. The number of aromatic nitrogens is 3. The first kappa shape index (κ1) is 19.5. The average molecular weight is 414 g/mol. The third-order valence-corrected chi connectivity index (χ3v) is 5.42. The first-order valence-electron chi connectivity index (χ1n) is 9.37. The van der Waals surface area contributed by atoms with Gasteiger partial charge in [0.05, 0.1) is 19.3 Å². The van der Waals surface area contributed by atoms with Crippen molar-refractivity contribution in [1.82, 2.24) is 25.4 Å². The van der Waals surface area contributed by atoms with E-state index in [1.54, 1.807) is 6.20 Å². The molecule has 3 aromatic heterocycles. The number of furan rings is 1. The molecule has 0 spiro atoms. The Morgan fingerprint density at radius 1 is 1.24 bits per heavy atom. The molecule has 1 atom stereocenters. The lowest BCUT2D eigenvalue weighted by molar-refractivity contribution is 0.0122. The number of morpholine rings is 1. The number of nitrogens with one attached hydrogen (secondary N) is 2. The predicted octanol–water partition coefficient (Wildman–Crippen LogP) is 2.70. The Balaban J connectivity index is 1.37. The Morgan fingerprint density at radius 2 is 2.10 bits per heavy atom. The van der Waals surface area contributed by atoms with E-state index >= 15 is 0 Å². The van der Waals surface area contributed by atoms with E-state index in [4.69, 9.17) is 9.15 Å². The molecule has 10 heteroatoms. The number of rotatable bonds is 6. The summed E-state index contributed by atoms with van der Waals surface area (Å²) in [7, 11) is 0. The van der Waals surface area contributed by atoms with E-state index in [1.165, 1.54) is 11.3 Å². The fraction of sp³-hybridized carbons (Fsp3) is 0.368. The van der Waals surface area contributed by atoms with Crippen LogP contribution < -0.4 is 10.6 Å². The highest BCUT2D eigenvalue weighted by atomic mass is 32.1. The molecule has 0 aromatic carbocycles. The van der Waals surface area contributed by atoms with Gasteiger partial charge in [-0.2, -0.15) is 0 Å². The fourth-order valence-electron chi connectivity index (χ4n) is 3.13. The standard InChI is InChI=1S/C19H22N6O3S/c1-13-5-6-16(28-13)15(25-8-10-27-11-9-25)12-21-18(26)22-19-24-23-17(29-19)14-4-2-3-7-20-14/h2-7,15H,8-12H2,1H3,(H2,21,22,24,26)/t15-/m0/s1. The first-order chi connectivity index (χ1) is 14.2. The number of urea groups is 1. The number of anilines is 1. The van der Waals surface area contributed by atoms with Crippen molar-refractivity contribution < 1.29 is 13.9 Å². The minimum Gasteiger partial charge on any atom is -0.465 e. The molecule has 4 heterocycles. The van der Waals surface area contributed by atoms with Crippen LogP contribution in [0.2, 0.25) is 0 Å². The maximum absolute atomic E-state index is 12.4. The van der Waals surface area contributed by atoms with Crippen LogP contribution in [-0.4, -0.2) is 59.0 Å². The summed E-state index contributed by atoms with van der Waals surface area (Å²) in [6, 6.07) is 9.06. The van der Waals surface area contributed by atoms with Crippen LogP contribution in [0, 0.1) is 6.92 Å². The molecule has 0 saturated carbocycles. The van der Waals surface area contributed by atoms with Crippen LogP contribution in [0.4, 0.5) is 9.93 Å². The van der Waals surface area contributed by atoms with Crippen molar-refractivity contribution >= 4 is 22.5 Å². The van der Waals surface area contributed by atoms with E-state index in [-0.39, 0.29) is 12.1 Å². The van der Waals surface area contributed by atoms with Crippen molar-refractivity contribution in [3.63, 3.8) is 0 Å². The van der Waals surface area contributed by atoms with Crippen LogP contribution in [0.5, 0.6) is 0 Å². The molecule has 1 saturated heterocycles. The number of ether oxygens (including phenoxy) is 1. The molecule has 152 valence electrons. The van der Waals surface area contributed by atoms with Crippen molar-refractivity contribution in [2.75, 3.05) is 38.2 Å². The van der Waals surface area contributed by atoms with Crippen LogP contribution in [0.25, 0.3) is 10.7 Å². The summed E-state index contributed by atoms with van der Waals surface area (Å²) in [6.07, 6.45) is 1.69. The quantitative estimate of drug-likeness (QED) is 0.639. The highest BCUT2D eigenvalue weighted by Crippen LogP contribution is 2.25. The van der Waals surface area contributed by atoms with E-state index in [2.05, 4.69) is 30.7 Å². The molecule has 0 bridgehead atoms. The van der Waals surface area contributed by atoms with E-state index in [9.17, 15) is 4.79 Å². The van der Waals surface area contributed by atoms with Crippen molar-refractivity contribution in [2.24, 2.45) is 0 Å². The van der Waals surface area contributed by atoms with Crippen LogP contribution >= 0.6 is 11.3 Å². The van der Waals surface area contributed by atoms with Gasteiger partial charge in [-0.15, -0.1) is 10.2 Å². The third kappa shape index (κ3) is 4.97. The van der Waals surface area contributed by atoms with Gasteiger partial charge >= 0.3 is 6.03 Å². The minimum atomic E-state index is -0.338. The molecule has 3 aromatic rings. The second kappa shape index (κ2) is 9.12. The summed E-state index contributed by atoms with van der Waals surface area (Å²) in [4.78, 5) is 18.9. The van der Waals surface area contributed by atoms with Gasteiger partial charge in [0, 0.05) is 25.8 Å². The molecular formula is C19H22N6O3S. The number of nitrogens with zero attached hydrogens (tertiary/aromatic N) is 4. The Labute approximate surface area is 172 Å². The summed E-state index contributed by atoms with van der Waals surface area (Å²) in [5.41, 5.74) is 0.721. The van der Waals surface area contributed by atoms with Crippen LogP contribution in [-0.2, 0) is 4.74 Å². The average Bonchev–Trinajstić information content (AvgIpc) is 3.39. The van der Waals surface area contributed by atoms with Gasteiger partial charge in [-0.05, 0) is 31.2 Å². The Kier molecular flexibility index (Phi) is 6.13. The van der Waals surface area contributed by atoms with Crippen molar-refractivity contribution in [1.29, 1.82) is 0 Å². The molecule has 0 unspecified atom stereocenters. The maximum Gasteiger partial charge on any atom is 0.321 e. The van der Waals surface area contributed by atoms with Gasteiger partial charge < -0.3 is 14.5 Å². The molecule has 1 aliphatic rings. The molecule has 1 aliphatic heterocycles. The number of hydrogen-bond donors (Lipinski definition) is 2. The van der Waals surface area contributed by atoms with Gasteiger partial charge in [0.1, 0.15) is 17.2 Å². The summed E-state index contributed by atoms with van der Waals surface area (Å²) in [6.45, 7) is 5.24. The molecule has 2 amide bonds. The highest BCUT2D eigenvalue weighted by Gasteiger charge is 2.25. The number of amides is 2. The van der Waals surface area contributed by atoms with E-state index < -0.39 is 0 Å². The van der Waals surface area contributed by atoms with Crippen LogP contribution in [0.15, 0.2) is 40.9 Å². The largest absolute Gasteiger partial charge is 0.465 e. The first-order valence-corrected chi connectivity index (χ1v) is 10.2. The minimum absolute atomic E-state index is 0.0585. The van der Waals surface area contributed by atoms with Crippen LogP contribution in [0.3, 0.4) is 0 Å². The molecule has 2 N–H and O–H groups in total. The van der Waals surface area contributed by atoms with Gasteiger partial charge in [-0.25, -0.2) is 4.79 Å². The molecule has 4 rings (SSSR count). The van der Waals surface area contributed by atoms with Crippen molar-refractivity contribution in [2.45, 2.75) is 13.0 Å². The number of carbonyl (C=O) groups is 1. The topological polar surface area (TPSA) is 105 Å². The maximum atomic E-state index is 12.4. The third-order valence-electron chi connectivity index (χ3n) is 4.56. The van der Waals surface area contributed by atoms with Gasteiger partial charge in [0.2, 0.25) is 5.13 Å². The number of pyridine rings is 1. The Bertz CT molecular complexity index is 938. The lowest BCUT2D eigenvalue weighted by Crippen LogP contribution is -2.44. The van der Waals surface area contributed by atoms with Crippen molar-refractivity contribution in [3.05, 3.63) is 48.0 Å². The van der Waals surface area contributed by atoms with E-state index in [0.29, 0.717) is 29.9 Å². The monoisotopic (exact) mass is 414 g/mol. The van der Waals surface area contributed by atoms with E-state index in [0.717, 1.165) is 30.3 Å². The highest BCUT2D eigenvalue weighted by molar-refractivity contribution is 7.18. The fourth-order valence-corrected chi connectivity index (χ4v) is 3.84. The normalized spacial score (nSPS) is 15.8. The van der Waals surface area contributed by atoms with Gasteiger partial charge in [0.25, 0.3) is 0 Å². The number of carbonyl (C=O) groups excluding carboxylic acids is 1. The van der Waals surface area contributed by atoms with Crippen molar-refractivity contribution in [3.8, 4) is 10.7 Å². The zero-order valence-corrected chi connectivity index (χ0v) is 16.8. The van der Waals surface area contributed by atoms with E-state index in [1.807, 2.05) is 37.3 Å². The molecular weight excluding hydrogens is 392 g/mol. The summed E-state index contributed by atoms with van der Waals surface area (Å²) in [5.74, 6) is 1.68. The molecule has 9 nitrogen and oxygen atoms in total. The SMILES string of the molecule is Cc1ccc([C@H](CNC(=O)Nc2nnc(-c3ccccn3)s2)N2CCOCC2)o1. The van der Waals surface area contributed by atoms with Gasteiger partial charge in [-0.1, -0.05) is 17.4 Å². The molecule has 1 fully saturated rings. The zero-order chi connectivity index (χ0) is 20.1. The second-order valence-corrected chi connectivity index (χ2v) is 7.55. The number of aryl methyl sites for hydroxylation is 1. The molecule has 29 heavy (non-hydrogen) atoms. The second-order valence-electron chi connectivity index (χ2n) is 6.57. The smallest absolute Gasteiger partial charge is 0.321 e. The summed E-state index contributed by atoms with van der Waals surface area (Å²) >= 11 is 1.27. The predicted molar refractivity (Wildman–Crippen MR) is 109 cm³/mol. The summed E-state index contributed by atoms with van der Waals surface area (Å²) in [5, 5.41) is 14.8. The summed E-state index contributed by atoms with van der Waals surface area (Å²) < 4.78 is 11.3. The Hall–Kier alpha value is -2.82. The van der Waals surface area contributed by atoms with Gasteiger partial charge in [-0.3, -0.25) is 15.2 Å². The van der Waals surface area contributed by atoms with Crippen LogP contribution in [0.1, 0.15) is 17.6 Å². The lowest BCUT2D eigenvalue weighted by Gasteiger charge is -2.33. The zero-order valence-electron chi connectivity index (χ0n) is 16.0. The lowest BCUT2D eigenvalue weighted by atomic mass is 10.1.